The maximum absolute atomic E-state index is 9.97. The molecule has 0 aliphatic heterocycles. The predicted molar refractivity (Wildman–Crippen MR) is 52.2 cm³/mol. The summed E-state index contributed by atoms with van der Waals surface area (Å²) in [4.78, 5) is 0. The van der Waals surface area contributed by atoms with E-state index in [0.717, 1.165) is 24.8 Å². The van der Waals surface area contributed by atoms with E-state index in [1.807, 2.05) is 30.3 Å². The van der Waals surface area contributed by atoms with E-state index < -0.39 is 6.10 Å². The number of aliphatic hydroxyl groups is 1. The predicted octanol–water partition coefficient (Wildman–Crippen LogP) is 1.60. The molecule has 0 spiro atoms. The lowest BCUT2D eigenvalue weighted by Gasteiger charge is -2.42. The lowest BCUT2D eigenvalue weighted by atomic mass is 9.72. The van der Waals surface area contributed by atoms with Crippen molar-refractivity contribution in [2.75, 3.05) is 0 Å². The van der Waals surface area contributed by atoms with Gasteiger partial charge in [-0.05, 0) is 24.8 Å². The van der Waals surface area contributed by atoms with Crippen molar-refractivity contribution in [1.29, 1.82) is 0 Å². The van der Waals surface area contributed by atoms with Gasteiger partial charge in [0.25, 0.3) is 0 Å². The maximum Gasteiger partial charge on any atom is 0.0969 e. The molecule has 1 atom stereocenters. The highest BCUT2D eigenvalue weighted by Gasteiger charge is 2.40. The molecule has 1 unspecified atom stereocenters. The van der Waals surface area contributed by atoms with Crippen molar-refractivity contribution >= 4 is 0 Å². The number of rotatable bonds is 2. The fourth-order valence-corrected chi connectivity index (χ4v) is 1.83. The fraction of sp³-hybridized carbons (Fsp3) is 0.455. The molecule has 1 saturated carbocycles. The molecule has 0 bridgehead atoms. The fourth-order valence-electron chi connectivity index (χ4n) is 1.83. The van der Waals surface area contributed by atoms with E-state index in [1.54, 1.807) is 0 Å². The van der Waals surface area contributed by atoms with Gasteiger partial charge in [0, 0.05) is 5.54 Å². The van der Waals surface area contributed by atoms with Gasteiger partial charge in [0.05, 0.1) is 6.10 Å². The number of benzene rings is 1. The zero-order chi connectivity index (χ0) is 9.31. The highest BCUT2D eigenvalue weighted by Crippen LogP contribution is 2.39. The number of nitrogens with two attached hydrogens (primary N) is 1. The van der Waals surface area contributed by atoms with Crippen LogP contribution in [0, 0.1) is 0 Å². The Hall–Kier alpha value is -0.860. The van der Waals surface area contributed by atoms with Gasteiger partial charge in [-0.15, -0.1) is 0 Å². The van der Waals surface area contributed by atoms with Crippen molar-refractivity contribution in [1.82, 2.24) is 0 Å². The largest absolute Gasteiger partial charge is 0.386 e. The molecule has 2 rings (SSSR count). The summed E-state index contributed by atoms with van der Waals surface area (Å²) in [7, 11) is 0. The topological polar surface area (TPSA) is 46.2 Å². The van der Waals surface area contributed by atoms with Crippen LogP contribution < -0.4 is 5.73 Å². The van der Waals surface area contributed by atoms with Crippen LogP contribution in [0.1, 0.15) is 30.9 Å². The highest BCUT2D eigenvalue weighted by atomic mass is 16.3. The molecule has 0 aromatic heterocycles. The van der Waals surface area contributed by atoms with Crippen LogP contribution in [0.25, 0.3) is 0 Å². The molecule has 0 saturated heterocycles. The molecule has 1 aliphatic rings. The molecule has 13 heavy (non-hydrogen) atoms. The van der Waals surface area contributed by atoms with Crippen LogP contribution in [0.4, 0.5) is 0 Å². The Morgan fingerprint density at radius 3 is 2.31 bits per heavy atom. The molecule has 70 valence electrons. The van der Waals surface area contributed by atoms with Crippen LogP contribution in [-0.2, 0) is 0 Å². The van der Waals surface area contributed by atoms with Crippen molar-refractivity contribution < 1.29 is 5.11 Å². The molecule has 1 aromatic carbocycles. The van der Waals surface area contributed by atoms with Crippen molar-refractivity contribution in [3.05, 3.63) is 35.9 Å². The normalized spacial score (nSPS) is 22.0. The molecule has 0 radical (unpaired) electrons. The molecule has 2 heteroatoms. The van der Waals surface area contributed by atoms with Gasteiger partial charge >= 0.3 is 0 Å². The third-order valence-corrected chi connectivity index (χ3v) is 2.94. The van der Waals surface area contributed by atoms with Crippen LogP contribution in [0.5, 0.6) is 0 Å². The van der Waals surface area contributed by atoms with Gasteiger partial charge in [0.15, 0.2) is 0 Å². The minimum absolute atomic E-state index is 0.360. The second-order valence-electron chi connectivity index (χ2n) is 3.90. The SMILES string of the molecule is NC1(C(O)c2ccccc2)CCC1. The van der Waals surface area contributed by atoms with E-state index in [9.17, 15) is 5.11 Å². The summed E-state index contributed by atoms with van der Waals surface area (Å²) in [5.41, 5.74) is 6.60. The van der Waals surface area contributed by atoms with Gasteiger partial charge in [-0.2, -0.15) is 0 Å². The van der Waals surface area contributed by atoms with Gasteiger partial charge in [0.2, 0.25) is 0 Å². The summed E-state index contributed by atoms with van der Waals surface area (Å²) in [6.07, 6.45) is 2.51. The van der Waals surface area contributed by atoms with Crippen LogP contribution in [-0.4, -0.2) is 10.6 Å². The third-order valence-electron chi connectivity index (χ3n) is 2.94. The van der Waals surface area contributed by atoms with Crippen LogP contribution in [0.15, 0.2) is 30.3 Å². The van der Waals surface area contributed by atoms with Crippen molar-refractivity contribution in [3.8, 4) is 0 Å². The van der Waals surface area contributed by atoms with E-state index in [2.05, 4.69) is 0 Å². The van der Waals surface area contributed by atoms with E-state index in [4.69, 9.17) is 5.73 Å². The van der Waals surface area contributed by atoms with Crippen LogP contribution >= 0.6 is 0 Å². The summed E-state index contributed by atoms with van der Waals surface area (Å²) in [5.74, 6) is 0. The Labute approximate surface area is 78.4 Å². The molecule has 3 N–H and O–H groups in total. The number of aliphatic hydroxyl groups excluding tert-OH is 1. The average molecular weight is 177 g/mol. The van der Waals surface area contributed by atoms with E-state index in [-0.39, 0.29) is 5.54 Å². The first-order valence-corrected chi connectivity index (χ1v) is 4.74. The zero-order valence-electron chi connectivity index (χ0n) is 7.61. The monoisotopic (exact) mass is 177 g/mol. The summed E-state index contributed by atoms with van der Waals surface area (Å²) >= 11 is 0. The van der Waals surface area contributed by atoms with Gasteiger partial charge in [-0.25, -0.2) is 0 Å². The summed E-state index contributed by atoms with van der Waals surface area (Å²) in [6.45, 7) is 0. The van der Waals surface area contributed by atoms with Crippen molar-refractivity contribution in [2.24, 2.45) is 5.73 Å². The molecule has 0 amide bonds. The summed E-state index contributed by atoms with van der Waals surface area (Å²) in [6, 6.07) is 9.66. The summed E-state index contributed by atoms with van der Waals surface area (Å²) in [5, 5.41) is 9.97. The molecule has 2 nitrogen and oxygen atoms in total. The van der Waals surface area contributed by atoms with Crippen LogP contribution in [0.2, 0.25) is 0 Å². The molecular weight excluding hydrogens is 162 g/mol. The first-order valence-electron chi connectivity index (χ1n) is 4.74. The minimum Gasteiger partial charge on any atom is -0.386 e. The zero-order valence-corrected chi connectivity index (χ0v) is 7.61. The lowest BCUT2D eigenvalue weighted by Crippen LogP contribution is -2.51. The maximum atomic E-state index is 9.97. The minimum atomic E-state index is -0.498. The Morgan fingerprint density at radius 1 is 1.23 bits per heavy atom. The van der Waals surface area contributed by atoms with Crippen LogP contribution in [0.3, 0.4) is 0 Å². The lowest BCUT2D eigenvalue weighted by molar-refractivity contribution is 0.0337. The smallest absolute Gasteiger partial charge is 0.0969 e. The quantitative estimate of drug-likeness (QED) is 0.720. The summed E-state index contributed by atoms with van der Waals surface area (Å²) < 4.78 is 0. The molecule has 0 heterocycles. The van der Waals surface area contributed by atoms with Crippen molar-refractivity contribution in [2.45, 2.75) is 30.9 Å². The Kier molecular flexibility index (Phi) is 2.10. The van der Waals surface area contributed by atoms with E-state index in [0.29, 0.717) is 0 Å². The molecule has 1 aliphatic carbocycles. The highest BCUT2D eigenvalue weighted by molar-refractivity contribution is 5.22. The Morgan fingerprint density at radius 2 is 1.85 bits per heavy atom. The number of hydrogen-bond donors (Lipinski definition) is 2. The van der Waals surface area contributed by atoms with Gasteiger partial charge in [-0.3, -0.25) is 0 Å². The first kappa shape index (κ1) is 8.73. The van der Waals surface area contributed by atoms with Gasteiger partial charge in [0.1, 0.15) is 0 Å². The molecular formula is C11H15NO. The molecule has 1 fully saturated rings. The third kappa shape index (κ3) is 1.47. The van der Waals surface area contributed by atoms with Gasteiger partial charge < -0.3 is 10.8 Å². The first-order chi connectivity index (χ1) is 6.22. The van der Waals surface area contributed by atoms with Gasteiger partial charge in [-0.1, -0.05) is 30.3 Å². The van der Waals surface area contributed by atoms with E-state index >= 15 is 0 Å². The van der Waals surface area contributed by atoms with E-state index in [1.165, 1.54) is 0 Å². The second-order valence-corrected chi connectivity index (χ2v) is 3.90. The standard InChI is InChI=1S/C11H15NO/c12-11(7-4-8-11)10(13)9-5-2-1-3-6-9/h1-3,5-6,10,13H,4,7-8,12H2. The molecule has 1 aromatic rings. The number of hydrogen-bond acceptors (Lipinski definition) is 2. The average Bonchev–Trinajstić information content (AvgIpc) is 2.14. The Bertz CT molecular complexity index is 279. The van der Waals surface area contributed by atoms with Crippen molar-refractivity contribution in [3.63, 3.8) is 0 Å². The second kappa shape index (κ2) is 3.13. The Balaban J connectivity index is 2.17.